The third kappa shape index (κ3) is 3.79. The van der Waals surface area contributed by atoms with Crippen LogP contribution in [0.1, 0.15) is 37.7 Å². The molecule has 1 saturated heterocycles. The van der Waals surface area contributed by atoms with Gasteiger partial charge in [-0.2, -0.15) is 0 Å². The van der Waals surface area contributed by atoms with Crippen molar-refractivity contribution in [2.45, 2.75) is 38.1 Å². The molecule has 6 nitrogen and oxygen atoms in total. The number of thioether (sulfide) groups is 1. The van der Waals surface area contributed by atoms with E-state index in [1.807, 2.05) is 0 Å². The van der Waals surface area contributed by atoms with Crippen LogP contribution in [-0.4, -0.2) is 22.0 Å². The summed E-state index contributed by atoms with van der Waals surface area (Å²) in [5.74, 6) is -0.247. The lowest BCUT2D eigenvalue weighted by Gasteiger charge is -2.17. The Morgan fingerprint density at radius 1 is 1.26 bits per heavy atom. The molecule has 1 aromatic rings. The Morgan fingerprint density at radius 2 is 2.00 bits per heavy atom. The lowest BCUT2D eigenvalue weighted by molar-refractivity contribution is -0.385. The predicted molar refractivity (Wildman–Crippen MR) is 91.1 cm³/mol. The topological polar surface area (TPSA) is 84.6 Å². The average Bonchev–Trinajstić information content (AvgIpc) is 2.88. The van der Waals surface area contributed by atoms with Crippen molar-refractivity contribution in [3.8, 4) is 0 Å². The van der Waals surface area contributed by atoms with Gasteiger partial charge in [-0.1, -0.05) is 31.4 Å². The number of hydrogen-bond donors (Lipinski definition) is 1. The van der Waals surface area contributed by atoms with Gasteiger partial charge in [0.25, 0.3) is 11.6 Å². The van der Waals surface area contributed by atoms with Gasteiger partial charge in [0.05, 0.1) is 21.4 Å². The average molecular weight is 331 g/mol. The molecule has 0 spiro atoms. The Morgan fingerprint density at radius 3 is 2.74 bits per heavy atom. The van der Waals surface area contributed by atoms with Crippen molar-refractivity contribution in [3.63, 3.8) is 0 Å². The van der Waals surface area contributed by atoms with Gasteiger partial charge in [-0.15, -0.1) is 0 Å². The largest absolute Gasteiger partial charge is 0.301 e. The molecule has 23 heavy (non-hydrogen) atoms. The highest BCUT2D eigenvalue weighted by Gasteiger charge is 2.26. The molecular weight excluding hydrogens is 314 g/mol. The fourth-order valence-electron chi connectivity index (χ4n) is 2.78. The van der Waals surface area contributed by atoms with Gasteiger partial charge in [-0.3, -0.25) is 19.9 Å². The Bertz CT molecular complexity index is 694. The summed E-state index contributed by atoms with van der Waals surface area (Å²) in [5.41, 5.74) is 0.417. The first-order chi connectivity index (χ1) is 11.1. The Balaban J connectivity index is 1.80. The molecule has 1 aromatic carbocycles. The van der Waals surface area contributed by atoms with E-state index in [-0.39, 0.29) is 17.6 Å². The van der Waals surface area contributed by atoms with Gasteiger partial charge in [0.15, 0.2) is 5.17 Å². The summed E-state index contributed by atoms with van der Waals surface area (Å²) in [5, 5.41) is 14.4. The Labute approximate surface area is 138 Å². The first-order valence-electron chi connectivity index (χ1n) is 7.65. The maximum absolute atomic E-state index is 12.1. The zero-order valence-electron chi connectivity index (χ0n) is 12.5. The van der Waals surface area contributed by atoms with Crippen molar-refractivity contribution >= 4 is 34.6 Å². The highest BCUT2D eigenvalue weighted by Crippen LogP contribution is 2.30. The van der Waals surface area contributed by atoms with Gasteiger partial charge in [-0.25, -0.2) is 0 Å². The van der Waals surface area contributed by atoms with Crippen LogP contribution in [0.15, 0.2) is 34.2 Å². The molecule has 2 aliphatic rings. The summed E-state index contributed by atoms with van der Waals surface area (Å²) in [7, 11) is 0. The van der Waals surface area contributed by atoms with Crippen LogP contribution in [0, 0.1) is 10.1 Å². The first-order valence-corrected chi connectivity index (χ1v) is 8.47. The minimum Gasteiger partial charge on any atom is -0.301 e. The second-order valence-electron chi connectivity index (χ2n) is 5.61. The minimum atomic E-state index is -0.444. The highest BCUT2D eigenvalue weighted by atomic mass is 32.2. The second-order valence-corrected chi connectivity index (χ2v) is 6.64. The zero-order valence-corrected chi connectivity index (χ0v) is 13.3. The number of amides is 1. The van der Waals surface area contributed by atoms with Gasteiger partial charge < -0.3 is 5.32 Å². The number of para-hydroxylation sites is 1. The van der Waals surface area contributed by atoms with E-state index in [1.54, 1.807) is 24.3 Å². The van der Waals surface area contributed by atoms with Gasteiger partial charge in [0, 0.05) is 6.07 Å². The Kier molecular flexibility index (Phi) is 4.76. The molecule has 2 fully saturated rings. The van der Waals surface area contributed by atoms with E-state index in [1.165, 1.54) is 37.1 Å². The van der Waals surface area contributed by atoms with Crippen molar-refractivity contribution < 1.29 is 9.72 Å². The number of benzene rings is 1. The number of carbonyl (C=O) groups is 1. The van der Waals surface area contributed by atoms with Crippen LogP contribution >= 0.6 is 11.8 Å². The normalized spacial score (nSPS) is 22.5. The predicted octanol–water partition coefficient (Wildman–Crippen LogP) is 3.49. The van der Waals surface area contributed by atoms with E-state index in [4.69, 9.17) is 0 Å². The number of hydrogen-bond acceptors (Lipinski definition) is 5. The summed E-state index contributed by atoms with van der Waals surface area (Å²) in [6.45, 7) is 0. The smallest absolute Gasteiger partial charge is 0.276 e. The van der Waals surface area contributed by atoms with Crippen LogP contribution in [0.5, 0.6) is 0 Å². The van der Waals surface area contributed by atoms with E-state index in [0.717, 1.165) is 12.8 Å². The molecule has 1 heterocycles. The van der Waals surface area contributed by atoms with E-state index < -0.39 is 4.92 Å². The van der Waals surface area contributed by atoms with Crippen molar-refractivity contribution in [3.05, 3.63) is 44.8 Å². The number of nitro benzene ring substituents is 1. The van der Waals surface area contributed by atoms with Crippen LogP contribution in [0.4, 0.5) is 5.69 Å². The molecule has 3 rings (SSSR count). The molecule has 0 aromatic heterocycles. The molecule has 120 valence electrons. The molecule has 0 atom stereocenters. The van der Waals surface area contributed by atoms with Gasteiger partial charge in [-0.05, 0) is 36.7 Å². The molecule has 0 radical (unpaired) electrons. The molecule has 1 aliphatic carbocycles. The lowest BCUT2D eigenvalue weighted by atomic mass is 9.96. The van der Waals surface area contributed by atoms with E-state index in [9.17, 15) is 14.9 Å². The number of rotatable bonds is 3. The van der Waals surface area contributed by atoms with Crippen LogP contribution < -0.4 is 5.32 Å². The van der Waals surface area contributed by atoms with E-state index in [2.05, 4.69) is 10.3 Å². The third-order valence-corrected chi connectivity index (χ3v) is 4.87. The monoisotopic (exact) mass is 331 g/mol. The summed E-state index contributed by atoms with van der Waals surface area (Å²) < 4.78 is 0. The molecule has 1 amide bonds. The fraction of sp³-hybridized carbons (Fsp3) is 0.375. The van der Waals surface area contributed by atoms with Gasteiger partial charge in [0.2, 0.25) is 0 Å². The van der Waals surface area contributed by atoms with Gasteiger partial charge >= 0.3 is 0 Å². The molecule has 1 N–H and O–H groups in total. The summed E-state index contributed by atoms with van der Waals surface area (Å²) in [6, 6.07) is 6.67. The molecule has 0 unspecified atom stereocenters. The quantitative estimate of drug-likeness (QED) is 0.522. The summed E-state index contributed by atoms with van der Waals surface area (Å²) >= 11 is 1.26. The standard InChI is InChI=1S/C16H17N3O3S/c20-15-14(10-11-6-4-5-9-13(11)19(21)22)23-16(18-15)17-12-7-2-1-3-8-12/h4-6,9-10,12H,1-3,7-8H2,(H,17,18,20)/b14-10-. The Hall–Kier alpha value is -2.15. The maximum Gasteiger partial charge on any atom is 0.276 e. The molecular formula is C16H17N3O3S. The lowest BCUT2D eigenvalue weighted by Crippen LogP contribution is -2.22. The number of nitro groups is 1. The molecule has 1 aliphatic heterocycles. The van der Waals surface area contributed by atoms with Crippen molar-refractivity contribution in [2.75, 3.05) is 0 Å². The van der Waals surface area contributed by atoms with Crippen LogP contribution in [0.3, 0.4) is 0 Å². The number of aliphatic imine (C=N–C) groups is 1. The van der Waals surface area contributed by atoms with E-state index in [0.29, 0.717) is 15.6 Å². The summed E-state index contributed by atoms with van der Waals surface area (Å²) in [6.07, 6.45) is 7.29. The van der Waals surface area contributed by atoms with Crippen LogP contribution in [0.25, 0.3) is 6.08 Å². The van der Waals surface area contributed by atoms with Crippen LogP contribution in [0.2, 0.25) is 0 Å². The van der Waals surface area contributed by atoms with Crippen molar-refractivity contribution in [1.82, 2.24) is 5.32 Å². The number of nitrogens with zero attached hydrogens (tertiary/aromatic N) is 2. The zero-order chi connectivity index (χ0) is 16.2. The second kappa shape index (κ2) is 6.95. The SMILES string of the molecule is O=C1NC(=NC2CCCCC2)S/C1=C\c1ccccc1[N+](=O)[O-]. The summed E-state index contributed by atoms with van der Waals surface area (Å²) in [4.78, 5) is 27.7. The van der Waals surface area contributed by atoms with Crippen LogP contribution in [-0.2, 0) is 4.79 Å². The molecule has 1 saturated carbocycles. The third-order valence-electron chi connectivity index (χ3n) is 3.95. The number of carbonyl (C=O) groups excluding carboxylic acids is 1. The first kappa shape index (κ1) is 15.7. The fourth-order valence-corrected chi connectivity index (χ4v) is 3.66. The van der Waals surface area contributed by atoms with Crippen molar-refractivity contribution in [1.29, 1.82) is 0 Å². The maximum atomic E-state index is 12.1. The van der Waals surface area contributed by atoms with Crippen molar-refractivity contribution in [2.24, 2.45) is 4.99 Å². The number of nitrogens with one attached hydrogen (secondary N) is 1. The number of amidine groups is 1. The molecule has 7 heteroatoms. The van der Waals surface area contributed by atoms with Gasteiger partial charge in [0.1, 0.15) is 0 Å². The molecule has 0 bridgehead atoms. The highest BCUT2D eigenvalue weighted by molar-refractivity contribution is 8.18. The minimum absolute atomic E-state index is 0.00827. The van der Waals surface area contributed by atoms with E-state index >= 15 is 0 Å².